The van der Waals surface area contributed by atoms with E-state index in [1.165, 1.54) is 5.56 Å². The highest BCUT2D eigenvalue weighted by molar-refractivity contribution is 5.77. The molecule has 1 fully saturated rings. The van der Waals surface area contributed by atoms with Crippen LogP contribution in [0.5, 0.6) is 0 Å². The predicted octanol–water partition coefficient (Wildman–Crippen LogP) is 3.18. The van der Waals surface area contributed by atoms with Crippen molar-refractivity contribution in [3.05, 3.63) is 59.2 Å². The summed E-state index contributed by atoms with van der Waals surface area (Å²) in [7, 11) is 0. The Morgan fingerprint density at radius 2 is 1.93 bits per heavy atom. The van der Waals surface area contributed by atoms with Gasteiger partial charge in [-0.15, -0.1) is 0 Å². The zero-order chi connectivity index (χ0) is 18.6. The van der Waals surface area contributed by atoms with Crippen molar-refractivity contribution in [2.24, 2.45) is 5.92 Å². The summed E-state index contributed by atoms with van der Waals surface area (Å²) < 4.78 is 0. The van der Waals surface area contributed by atoms with Gasteiger partial charge < -0.3 is 4.90 Å². The van der Waals surface area contributed by atoms with Gasteiger partial charge in [-0.05, 0) is 37.4 Å². The van der Waals surface area contributed by atoms with Crippen LogP contribution < -0.4 is 0 Å². The quantitative estimate of drug-likeness (QED) is 0.818. The lowest BCUT2D eigenvalue weighted by molar-refractivity contribution is -0.133. The molecule has 3 heterocycles. The summed E-state index contributed by atoms with van der Waals surface area (Å²) in [4.78, 5) is 26.2. The normalized spacial score (nSPS) is 17.9. The molecule has 0 radical (unpaired) electrons. The van der Waals surface area contributed by atoms with Crippen LogP contribution in [0.3, 0.4) is 0 Å². The van der Waals surface area contributed by atoms with E-state index in [0.29, 0.717) is 25.4 Å². The standard InChI is InChI=1S/C22H28N4O/c1-2-21-23-13-19-15-26(16-20(19)24-21)22(27)12-17-8-10-25(11-9-17)14-18-6-4-3-5-7-18/h3-7,13,17H,2,8-12,14-16H2,1H3. The van der Waals surface area contributed by atoms with E-state index in [-0.39, 0.29) is 5.91 Å². The van der Waals surface area contributed by atoms with Gasteiger partial charge in [0.05, 0.1) is 12.2 Å². The fraction of sp³-hybridized carbons (Fsp3) is 0.500. The number of carbonyl (C=O) groups is 1. The van der Waals surface area contributed by atoms with Gasteiger partial charge in [0.1, 0.15) is 5.82 Å². The molecule has 0 bridgehead atoms. The number of hydrogen-bond acceptors (Lipinski definition) is 4. The van der Waals surface area contributed by atoms with Crippen LogP contribution in [0.15, 0.2) is 36.5 Å². The molecule has 0 spiro atoms. The first-order chi connectivity index (χ1) is 13.2. The SMILES string of the molecule is CCc1ncc2c(n1)CN(C(=O)CC1CCN(Cc3ccccc3)CC1)C2. The van der Waals surface area contributed by atoms with Gasteiger partial charge in [-0.25, -0.2) is 9.97 Å². The molecule has 1 amide bonds. The van der Waals surface area contributed by atoms with Crippen molar-refractivity contribution in [2.75, 3.05) is 13.1 Å². The van der Waals surface area contributed by atoms with Gasteiger partial charge in [-0.1, -0.05) is 37.3 Å². The number of nitrogens with zero attached hydrogens (tertiary/aromatic N) is 4. The van der Waals surface area contributed by atoms with Crippen LogP contribution in [0.25, 0.3) is 0 Å². The van der Waals surface area contributed by atoms with E-state index < -0.39 is 0 Å². The zero-order valence-corrected chi connectivity index (χ0v) is 16.1. The van der Waals surface area contributed by atoms with Gasteiger partial charge >= 0.3 is 0 Å². The molecule has 1 saturated heterocycles. The average molecular weight is 364 g/mol. The zero-order valence-electron chi connectivity index (χ0n) is 16.1. The van der Waals surface area contributed by atoms with E-state index >= 15 is 0 Å². The highest BCUT2D eigenvalue weighted by Gasteiger charge is 2.28. The molecule has 142 valence electrons. The van der Waals surface area contributed by atoms with Crippen molar-refractivity contribution in [1.29, 1.82) is 0 Å². The molecular formula is C22H28N4O. The van der Waals surface area contributed by atoms with Crippen molar-refractivity contribution in [3.63, 3.8) is 0 Å². The van der Waals surface area contributed by atoms with Crippen LogP contribution in [0.1, 0.15) is 48.8 Å². The number of rotatable bonds is 5. The number of piperidine rings is 1. The lowest BCUT2D eigenvalue weighted by Crippen LogP contribution is -2.35. The number of likely N-dealkylation sites (tertiary alicyclic amines) is 1. The molecule has 1 aromatic heterocycles. The van der Waals surface area contributed by atoms with Crippen LogP contribution in [0.4, 0.5) is 0 Å². The fourth-order valence-electron chi connectivity index (χ4n) is 4.11. The number of benzene rings is 1. The van der Waals surface area contributed by atoms with Crippen molar-refractivity contribution >= 4 is 5.91 Å². The van der Waals surface area contributed by atoms with Crippen LogP contribution in [-0.4, -0.2) is 38.8 Å². The summed E-state index contributed by atoms with van der Waals surface area (Å²) in [6, 6.07) is 10.6. The highest BCUT2D eigenvalue weighted by atomic mass is 16.2. The second-order valence-electron chi connectivity index (χ2n) is 7.77. The summed E-state index contributed by atoms with van der Waals surface area (Å²) in [6.07, 6.45) is 5.62. The Bertz CT molecular complexity index is 784. The van der Waals surface area contributed by atoms with E-state index in [2.05, 4.69) is 52.1 Å². The fourth-order valence-corrected chi connectivity index (χ4v) is 4.11. The Morgan fingerprint density at radius 3 is 2.67 bits per heavy atom. The molecule has 27 heavy (non-hydrogen) atoms. The Hall–Kier alpha value is -2.27. The lowest BCUT2D eigenvalue weighted by Gasteiger charge is -2.32. The largest absolute Gasteiger partial charge is 0.332 e. The molecule has 0 unspecified atom stereocenters. The van der Waals surface area contributed by atoms with E-state index in [0.717, 1.165) is 56.0 Å². The number of amides is 1. The first-order valence-electron chi connectivity index (χ1n) is 10.1. The molecule has 0 N–H and O–H groups in total. The lowest BCUT2D eigenvalue weighted by atomic mass is 9.92. The number of hydrogen-bond donors (Lipinski definition) is 0. The molecule has 2 aromatic rings. The molecule has 0 aliphatic carbocycles. The molecular weight excluding hydrogens is 336 g/mol. The number of aryl methyl sites for hydroxylation is 1. The molecule has 0 atom stereocenters. The van der Waals surface area contributed by atoms with E-state index in [1.807, 2.05) is 11.1 Å². The van der Waals surface area contributed by atoms with Crippen LogP contribution in [0.2, 0.25) is 0 Å². The Labute approximate surface area is 161 Å². The molecule has 4 rings (SSSR count). The summed E-state index contributed by atoms with van der Waals surface area (Å²) >= 11 is 0. The summed E-state index contributed by atoms with van der Waals surface area (Å²) in [5.74, 6) is 1.65. The maximum Gasteiger partial charge on any atom is 0.223 e. The minimum atomic E-state index is 0.271. The first kappa shape index (κ1) is 18.1. The predicted molar refractivity (Wildman–Crippen MR) is 105 cm³/mol. The van der Waals surface area contributed by atoms with E-state index in [4.69, 9.17) is 0 Å². The third kappa shape index (κ3) is 4.35. The van der Waals surface area contributed by atoms with Gasteiger partial charge in [-0.2, -0.15) is 0 Å². The van der Waals surface area contributed by atoms with E-state index in [9.17, 15) is 4.79 Å². The topological polar surface area (TPSA) is 49.3 Å². The van der Waals surface area contributed by atoms with Crippen LogP contribution in [-0.2, 0) is 30.8 Å². The summed E-state index contributed by atoms with van der Waals surface area (Å²) in [6.45, 7) is 6.56. The monoisotopic (exact) mass is 364 g/mol. The number of aromatic nitrogens is 2. The minimum absolute atomic E-state index is 0.271. The molecule has 1 aromatic carbocycles. The molecule has 2 aliphatic rings. The third-order valence-electron chi connectivity index (χ3n) is 5.79. The van der Waals surface area contributed by atoms with Crippen molar-refractivity contribution in [2.45, 2.75) is 52.2 Å². The van der Waals surface area contributed by atoms with Crippen LogP contribution >= 0.6 is 0 Å². The molecule has 2 aliphatic heterocycles. The minimum Gasteiger partial charge on any atom is -0.332 e. The summed E-state index contributed by atoms with van der Waals surface area (Å²) in [5, 5.41) is 0. The van der Waals surface area contributed by atoms with Gasteiger partial charge in [0, 0.05) is 37.7 Å². The summed E-state index contributed by atoms with van der Waals surface area (Å²) in [5.41, 5.74) is 3.51. The molecule has 5 nitrogen and oxygen atoms in total. The van der Waals surface area contributed by atoms with Crippen molar-refractivity contribution < 1.29 is 4.79 Å². The van der Waals surface area contributed by atoms with Gasteiger partial charge in [0.2, 0.25) is 5.91 Å². The smallest absolute Gasteiger partial charge is 0.223 e. The average Bonchev–Trinajstić information content (AvgIpc) is 3.13. The molecule has 0 saturated carbocycles. The number of fused-ring (bicyclic) bond motifs is 1. The van der Waals surface area contributed by atoms with Gasteiger partial charge in [-0.3, -0.25) is 9.69 Å². The number of carbonyl (C=O) groups excluding carboxylic acids is 1. The Morgan fingerprint density at radius 1 is 1.15 bits per heavy atom. The maximum atomic E-state index is 12.8. The van der Waals surface area contributed by atoms with Gasteiger partial charge in [0.15, 0.2) is 0 Å². The maximum absolute atomic E-state index is 12.8. The van der Waals surface area contributed by atoms with Crippen molar-refractivity contribution in [3.8, 4) is 0 Å². The highest BCUT2D eigenvalue weighted by Crippen LogP contribution is 2.26. The van der Waals surface area contributed by atoms with E-state index in [1.54, 1.807) is 0 Å². The second-order valence-corrected chi connectivity index (χ2v) is 7.77. The third-order valence-corrected chi connectivity index (χ3v) is 5.79. The molecule has 5 heteroatoms. The van der Waals surface area contributed by atoms with Gasteiger partial charge in [0.25, 0.3) is 0 Å². The first-order valence-corrected chi connectivity index (χ1v) is 10.1. The van der Waals surface area contributed by atoms with Crippen molar-refractivity contribution in [1.82, 2.24) is 19.8 Å². The Balaban J connectivity index is 1.25. The Kier molecular flexibility index (Phi) is 5.48. The second kappa shape index (κ2) is 8.17. The van der Waals surface area contributed by atoms with Crippen LogP contribution in [0, 0.1) is 5.92 Å².